The molecule has 0 aromatic heterocycles. The van der Waals surface area contributed by atoms with Crippen molar-refractivity contribution in [3.63, 3.8) is 0 Å². The van der Waals surface area contributed by atoms with Gasteiger partial charge < -0.3 is 10.6 Å². The quantitative estimate of drug-likeness (QED) is 0.630. The molecule has 0 aliphatic heterocycles. The molecule has 1 aromatic carbocycles. The van der Waals surface area contributed by atoms with Gasteiger partial charge in [-0.15, -0.1) is 0 Å². The molecule has 0 bridgehead atoms. The highest BCUT2D eigenvalue weighted by Crippen LogP contribution is 2.26. The van der Waals surface area contributed by atoms with E-state index in [1.165, 1.54) is 41.4 Å². The van der Waals surface area contributed by atoms with Gasteiger partial charge in [0.15, 0.2) is 0 Å². The summed E-state index contributed by atoms with van der Waals surface area (Å²) >= 11 is 3.73. The highest BCUT2D eigenvalue weighted by molar-refractivity contribution is 9.10. The molecule has 2 nitrogen and oxygen atoms in total. The first-order valence-corrected chi connectivity index (χ1v) is 9.20. The average molecular weight is 355 g/mol. The lowest BCUT2D eigenvalue weighted by Crippen LogP contribution is -2.26. The lowest BCUT2D eigenvalue weighted by Gasteiger charge is -2.25. The minimum atomic E-state index is 0.253. The highest BCUT2D eigenvalue weighted by Gasteiger charge is 2.10. The first kappa shape index (κ1) is 18.5. The Bertz CT molecular complexity index is 398. The lowest BCUT2D eigenvalue weighted by atomic mass is 10.0. The zero-order valence-electron chi connectivity index (χ0n) is 13.9. The van der Waals surface area contributed by atoms with Crippen LogP contribution >= 0.6 is 15.9 Å². The molecule has 1 unspecified atom stereocenters. The van der Waals surface area contributed by atoms with E-state index in [0.29, 0.717) is 0 Å². The van der Waals surface area contributed by atoms with Gasteiger partial charge in [-0.1, -0.05) is 55.6 Å². The standard InChI is InChI=1S/C18H31BrN2/c1-4-7-11-21(12-8-5-2)17-10-9-15(18(19)14-17)13-16(20)6-3/h9-10,14,16H,4-8,11-13,20H2,1-3H3. The third-order valence-corrected chi connectivity index (χ3v) is 4.71. The maximum atomic E-state index is 6.07. The molecule has 2 N–H and O–H groups in total. The Balaban J connectivity index is 2.81. The minimum absolute atomic E-state index is 0.253. The molecule has 3 heteroatoms. The number of nitrogens with zero attached hydrogens (tertiary/aromatic N) is 1. The maximum absolute atomic E-state index is 6.07. The van der Waals surface area contributed by atoms with E-state index in [0.717, 1.165) is 25.9 Å². The number of hydrogen-bond acceptors (Lipinski definition) is 2. The van der Waals surface area contributed by atoms with Gasteiger partial charge in [0.1, 0.15) is 0 Å². The van der Waals surface area contributed by atoms with E-state index in [-0.39, 0.29) is 6.04 Å². The molecule has 1 rings (SSSR count). The van der Waals surface area contributed by atoms with Crippen LogP contribution in [0.1, 0.15) is 58.4 Å². The largest absolute Gasteiger partial charge is 0.372 e. The van der Waals surface area contributed by atoms with Crippen LogP contribution < -0.4 is 10.6 Å². The number of anilines is 1. The Morgan fingerprint density at radius 3 is 2.19 bits per heavy atom. The fourth-order valence-corrected chi connectivity index (χ4v) is 2.92. The van der Waals surface area contributed by atoms with Gasteiger partial charge in [-0.2, -0.15) is 0 Å². The van der Waals surface area contributed by atoms with Gasteiger partial charge in [0.05, 0.1) is 0 Å². The summed E-state index contributed by atoms with van der Waals surface area (Å²) in [4.78, 5) is 2.52. The molecule has 1 atom stereocenters. The van der Waals surface area contributed by atoms with Crippen molar-refractivity contribution in [2.45, 2.75) is 65.3 Å². The van der Waals surface area contributed by atoms with E-state index < -0.39 is 0 Å². The van der Waals surface area contributed by atoms with Crippen molar-refractivity contribution in [2.75, 3.05) is 18.0 Å². The van der Waals surface area contributed by atoms with Crippen LogP contribution in [0.5, 0.6) is 0 Å². The topological polar surface area (TPSA) is 29.3 Å². The van der Waals surface area contributed by atoms with Crippen LogP contribution in [-0.4, -0.2) is 19.1 Å². The van der Waals surface area contributed by atoms with E-state index in [2.05, 4.69) is 59.8 Å². The predicted molar refractivity (Wildman–Crippen MR) is 98.1 cm³/mol. The fourth-order valence-electron chi connectivity index (χ4n) is 2.39. The van der Waals surface area contributed by atoms with Gasteiger partial charge in [-0.25, -0.2) is 0 Å². The van der Waals surface area contributed by atoms with E-state index in [9.17, 15) is 0 Å². The van der Waals surface area contributed by atoms with E-state index >= 15 is 0 Å². The second-order valence-electron chi connectivity index (χ2n) is 5.84. The molecule has 0 radical (unpaired) electrons. The Morgan fingerprint density at radius 1 is 1.10 bits per heavy atom. The van der Waals surface area contributed by atoms with Crippen LogP contribution in [0.3, 0.4) is 0 Å². The highest BCUT2D eigenvalue weighted by atomic mass is 79.9. The van der Waals surface area contributed by atoms with Gasteiger partial charge >= 0.3 is 0 Å². The van der Waals surface area contributed by atoms with Crippen LogP contribution in [-0.2, 0) is 6.42 Å². The van der Waals surface area contributed by atoms with Crippen molar-refractivity contribution in [1.29, 1.82) is 0 Å². The molecule has 0 aliphatic carbocycles. The Kier molecular flexibility index (Phi) is 9.02. The summed E-state index contributed by atoms with van der Waals surface area (Å²) in [6.07, 6.45) is 6.96. The predicted octanol–water partition coefficient (Wildman–Crippen LogP) is 5.14. The van der Waals surface area contributed by atoms with Gasteiger partial charge in [0.2, 0.25) is 0 Å². The fraction of sp³-hybridized carbons (Fsp3) is 0.667. The van der Waals surface area contributed by atoms with E-state index in [1.54, 1.807) is 0 Å². The molecule has 0 saturated heterocycles. The van der Waals surface area contributed by atoms with Crippen LogP contribution in [0.25, 0.3) is 0 Å². The van der Waals surface area contributed by atoms with E-state index in [1.807, 2.05) is 0 Å². The molecule has 1 aromatic rings. The Hall–Kier alpha value is -0.540. The Morgan fingerprint density at radius 2 is 1.71 bits per heavy atom. The number of rotatable bonds is 10. The zero-order chi connectivity index (χ0) is 15.7. The molecule has 0 aliphatic rings. The minimum Gasteiger partial charge on any atom is -0.372 e. The first-order chi connectivity index (χ1) is 10.1. The summed E-state index contributed by atoms with van der Waals surface area (Å²) in [6.45, 7) is 8.95. The van der Waals surface area contributed by atoms with E-state index in [4.69, 9.17) is 5.73 Å². The van der Waals surface area contributed by atoms with Crippen molar-refractivity contribution in [3.05, 3.63) is 28.2 Å². The van der Waals surface area contributed by atoms with Crippen molar-refractivity contribution < 1.29 is 0 Å². The summed E-state index contributed by atoms with van der Waals surface area (Å²) < 4.78 is 1.20. The lowest BCUT2D eigenvalue weighted by molar-refractivity contribution is 0.644. The SMILES string of the molecule is CCCCN(CCCC)c1ccc(CC(N)CC)c(Br)c1. The second kappa shape index (κ2) is 10.2. The zero-order valence-corrected chi connectivity index (χ0v) is 15.5. The molecule has 120 valence electrons. The second-order valence-corrected chi connectivity index (χ2v) is 6.70. The van der Waals surface area contributed by atoms with Crippen LogP contribution in [0.15, 0.2) is 22.7 Å². The summed E-state index contributed by atoms with van der Waals surface area (Å²) in [5, 5.41) is 0. The first-order valence-electron chi connectivity index (χ1n) is 8.41. The van der Waals surface area contributed by atoms with Gasteiger partial charge in [0, 0.05) is 29.3 Å². The molecule has 0 fully saturated rings. The number of halogens is 1. The number of nitrogens with two attached hydrogens (primary N) is 1. The number of hydrogen-bond donors (Lipinski definition) is 1. The van der Waals surface area contributed by atoms with Gasteiger partial charge in [-0.05, 0) is 43.4 Å². The van der Waals surface area contributed by atoms with Crippen LogP contribution in [0.4, 0.5) is 5.69 Å². The molecular formula is C18H31BrN2. The van der Waals surface area contributed by atoms with Crippen molar-refractivity contribution in [2.24, 2.45) is 5.73 Å². The third-order valence-electron chi connectivity index (χ3n) is 3.97. The third kappa shape index (κ3) is 6.39. The summed E-state index contributed by atoms with van der Waals surface area (Å²) in [5.41, 5.74) is 8.72. The summed E-state index contributed by atoms with van der Waals surface area (Å²) in [6, 6.07) is 7.01. The summed E-state index contributed by atoms with van der Waals surface area (Å²) in [5.74, 6) is 0. The van der Waals surface area contributed by atoms with Crippen LogP contribution in [0, 0.1) is 0 Å². The van der Waals surface area contributed by atoms with Crippen LogP contribution in [0.2, 0.25) is 0 Å². The van der Waals surface area contributed by atoms with Gasteiger partial charge in [-0.3, -0.25) is 0 Å². The summed E-state index contributed by atoms with van der Waals surface area (Å²) in [7, 11) is 0. The average Bonchev–Trinajstić information content (AvgIpc) is 2.49. The molecule has 0 spiro atoms. The van der Waals surface area contributed by atoms with Crippen molar-refractivity contribution in [3.8, 4) is 0 Å². The maximum Gasteiger partial charge on any atom is 0.0377 e. The number of benzene rings is 1. The van der Waals surface area contributed by atoms with Crippen molar-refractivity contribution in [1.82, 2.24) is 0 Å². The number of unbranched alkanes of at least 4 members (excludes halogenated alkanes) is 2. The molecular weight excluding hydrogens is 324 g/mol. The molecule has 0 heterocycles. The molecule has 0 amide bonds. The molecule has 21 heavy (non-hydrogen) atoms. The Labute approximate surface area is 139 Å². The monoisotopic (exact) mass is 354 g/mol. The molecule has 0 saturated carbocycles. The van der Waals surface area contributed by atoms with Gasteiger partial charge in [0.25, 0.3) is 0 Å². The normalized spacial score (nSPS) is 12.4. The van der Waals surface area contributed by atoms with Crippen molar-refractivity contribution >= 4 is 21.6 Å². The smallest absolute Gasteiger partial charge is 0.0377 e.